The van der Waals surface area contributed by atoms with Crippen molar-refractivity contribution in [2.75, 3.05) is 30.4 Å². The summed E-state index contributed by atoms with van der Waals surface area (Å²) >= 11 is 0. The van der Waals surface area contributed by atoms with E-state index in [1.54, 1.807) is 6.26 Å². The van der Waals surface area contributed by atoms with E-state index in [1.165, 1.54) is 0 Å². The molecule has 0 saturated heterocycles. The molecule has 0 aliphatic heterocycles. The van der Waals surface area contributed by atoms with Crippen LogP contribution < -0.4 is 10.6 Å². The van der Waals surface area contributed by atoms with Crippen LogP contribution in [0.5, 0.6) is 0 Å². The maximum atomic E-state index is 12.1. The zero-order valence-electron chi connectivity index (χ0n) is 11.8. The van der Waals surface area contributed by atoms with Crippen molar-refractivity contribution in [3.8, 4) is 0 Å². The van der Waals surface area contributed by atoms with E-state index in [4.69, 9.17) is 0 Å². The molecular weight excluding hydrogens is 260 g/mol. The van der Waals surface area contributed by atoms with Crippen molar-refractivity contribution < 1.29 is 9.00 Å². The SMILES string of the molecule is CCCNc1cc(C)ccc1C(=O)NCCS(C)=O. The van der Waals surface area contributed by atoms with E-state index >= 15 is 0 Å². The summed E-state index contributed by atoms with van der Waals surface area (Å²) in [4.78, 5) is 12.1. The highest BCUT2D eigenvalue weighted by Gasteiger charge is 2.10. The molecule has 2 N–H and O–H groups in total. The van der Waals surface area contributed by atoms with E-state index < -0.39 is 10.8 Å². The fourth-order valence-corrected chi connectivity index (χ4v) is 2.06. The number of amides is 1. The van der Waals surface area contributed by atoms with Crippen molar-refractivity contribution in [1.82, 2.24) is 5.32 Å². The number of rotatable bonds is 7. The Morgan fingerprint density at radius 1 is 1.32 bits per heavy atom. The summed E-state index contributed by atoms with van der Waals surface area (Å²) in [6.45, 7) is 5.35. The second kappa shape index (κ2) is 7.94. The fourth-order valence-electron chi connectivity index (χ4n) is 1.67. The molecule has 0 heterocycles. The molecule has 4 nitrogen and oxygen atoms in total. The van der Waals surface area contributed by atoms with Gasteiger partial charge < -0.3 is 10.6 Å². The summed E-state index contributed by atoms with van der Waals surface area (Å²) in [5.41, 5.74) is 2.61. The average molecular weight is 282 g/mol. The van der Waals surface area contributed by atoms with Gasteiger partial charge in [-0.3, -0.25) is 9.00 Å². The molecule has 0 aliphatic carbocycles. The predicted molar refractivity (Wildman–Crippen MR) is 81.2 cm³/mol. The van der Waals surface area contributed by atoms with Crippen LogP contribution in [0.2, 0.25) is 0 Å². The minimum Gasteiger partial charge on any atom is -0.384 e. The number of hydrogen-bond acceptors (Lipinski definition) is 3. The van der Waals surface area contributed by atoms with Crippen molar-refractivity contribution in [3.63, 3.8) is 0 Å². The Kier molecular flexibility index (Phi) is 6.56. The molecule has 0 aliphatic rings. The highest BCUT2D eigenvalue weighted by molar-refractivity contribution is 7.84. The first-order chi connectivity index (χ1) is 9.04. The Bertz CT molecular complexity index is 461. The maximum Gasteiger partial charge on any atom is 0.253 e. The fraction of sp³-hybridized carbons (Fsp3) is 0.500. The van der Waals surface area contributed by atoms with Gasteiger partial charge >= 0.3 is 0 Å². The van der Waals surface area contributed by atoms with Gasteiger partial charge in [-0.1, -0.05) is 13.0 Å². The van der Waals surface area contributed by atoms with Crippen LogP contribution in [0.3, 0.4) is 0 Å². The molecule has 0 radical (unpaired) electrons. The minimum absolute atomic E-state index is 0.121. The van der Waals surface area contributed by atoms with E-state index in [9.17, 15) is 9.00 Å². The lowest BCUT2D eigenvalue weighted by atomic mass is 10.1. The summed E-state index contributed by atoms with van der Waals surface area (Å²) in [5.74, 6) is 0.360. The van der Waals surface area contributed by atoms with Crippen LogP contribution in [-0.4, -0.2) is 35.2 Å². The van der Waals surface area contributed by atoms with Crippen molar-refractivity contribution in [3.05, 3.63) is 29.3 Å². The molecule has 0 saturated carbocycles. The Labute approximate surface area is 117 Å². The van der Waals surface area contributed by atoms with Gasteiger partial charge in [0.25, 0.3) is 5.91 Å². The molecule has 1 aromatic carbocycles. The van der Waals surface area contributed by atoms with E-state index in [-0.39, 0.29) is 5.91 Å². The van der Waals surface area contributed by atoms with Crippen LogP contribution >= 0.6 is 0 Å². The molecule has 1 rings (SSSR count). The van der Waals surface area contributed by atoms with Crippen LogP contribution in [-0.2, 0) is 10.8 Å². The van der Waals surface area contributed by atoms with Gasteiger partial charge in [0.05, 0.1) is 5.56 Å². The first-order valence-corrected chi connectivity index (χ1v) is 8.20. The predicted octanol–water partition coefficient (Wildman–Crippen LogP) is 1.93. The maximum absolute atomic E-state index is 12.1. The molecule has 19 heavy (non-hydrogen) atoms. The zero-order chi connectivity index (χ0) is 14.3. The van der Waals surface area contributed by atoms with Crippen LogP contribution in [0.4, 0.5) is 5.69 Å². The van der Waals surface area contributed by atoms with Crippen molar-refractivity contribution >= 4 is 22.4 Å². The second-order valence-corrected chi connectivity index (χ2v) is 6.06. The molecule has 5 heteroatoms. The first kappa shape index (κ1) is 15.7. The van der Waals surface area contributed by atoms with Crippen LogP contribution in [0.15, 0.2) is 18.2 Å². The molecule has 1 atom stereocenters. The van der Waals surface area contributed by atoms with E-state index in [2.05, 4.69) is 17.6 Å². The molecule has 1 amide bonds. The van der Waals surface area contributed by atoms with Gasteiger partial charge in [0.15, 0.2) is 0 Å². The number of hydrogen-bond donors (Lipinski definition) is 2. The van der Waals surface area contributed by atoms with Crippen LogP contribution in [0, 0.1) is 6.92 Å². The van der Waals surface area contributed by atoms with Crippen LogP contribution in [0.25, 0.3) is 0 Å². The number of nitrogens with one attached hydrogen (secondary N) is 2. The molecule has 0 spiro atoms. The van der Waals surface area contributed by atoms with Crippen molar-refractivity contribution in [1.29, 1.82) is 0 Å². The largest absolute Gasteiger partial charge is 0.384 e. The summed E-state index contributed by atoms with van der Waals surface area (Å²) in [6.07, 6.45) is 2.64. The Hall–Kier alpha value is -1.36. The molecule has 1 unspecified atom stereocenters. The molecular formula is C14H22N2O2S. The van der Waals surface area contributed by atoms with Crippen molar-refractivity contribution in [2.45, 2.75) is 20.3 Å². The summed E-state index contributed by atoms with van der Waals surface area (Å²) in [5, 5.41) is 6.06. The summed E-state index contributed by atoms with van der Waals surface area (Å²) < 4.78 is 11.0. The van der Waals surface area contributed by atoms with Gasteiger partial charge in [-0.25, -0.2) is 0 Å². The van der Waals surface area contributed by atoms with Crippen LogP contribution in [0.1, 0.15) is 29.3 Å². The molecule has 1 aromatic rings. The first-order valence-electron chi connectivity index (χ1n) is 6.47. The van der Waals surface area contributed by atoms with Gasteiger partial charge in [-0.2, -0.15) is 0 Å². The third-order valence-electron chi connectivity index (χ3n) is 2.66. The Morgan fingerprint density at radius 3 is 2.68 bits per heavy atom. The van der Waals surface area contributed by atoms with E-state index in [0.29, 0.717) is 17.9 Å². The van der Waals surface area contributed by atoms with Gasteiger partial charge in [-0.15, -0.1) is 0 Å². The number of carbonyl (C=O) groups is 1. The normalized spacial score (nSPS) is 11.9. The van der Waals surface area contributed by atoms with Gasteiger partial charge in [-0.05, 0) is 31.0 Å². The second-order valence-electron chi connectivity index (χ2n) is 4.51. The van der Waals surface area contributed by atoms with Gasteiger partial charge in [0.1, 0.15) is 0 Å². The minimum atomic E-state index is -0.883. The molecule has 0 aromatic heterocycles. The summed E-state index contributed by atoms with van der Waals surface area (Å²) in [7, 11) is -0.883. The smallest absolute Gasteiger partial charge is 0.253 e. The average Bonchev–Trinajstić information content (AvgIpc) is 2.35. The quantitative estimate of drug-likeness (QED) is 0.803. The van der Waals surface area contributed by atoms with Gasteiger partial charge in [0, 0.05) is 41.6 Å². The summed E-state index contributed by atoms with van der Waals surface area (Å²) in [6, 6.07) is 5.72. The van der Waals surface area contributed by atoms with E-state index in [0.717, 1.165) is 24.2 Å². The van der Waals surface area contributed by atoms with Gasteiger partial charge in [0.2, 0.25) is 0 Å². The van der Waals surface area contributed by atoms with E-state index in [1.807, 2.05) is 25.1 Å². The highest BCUT2D eigenvalue weighted by atomic mass is 32.2. The highest BCUT2D eigenvalue weighted by Crippen LogP contribution is 2.17. The number of aryl methyl sites for hydroxylation is 1. The lowest BCUT2D eigenvalue weighted by Crippen LogP contribution is -2.28. The lowest BCUT2D eigenvalue weighted by molar-refractivity contribution is 0.0957. The monoisotopic (exact) mass is 282 g/mol. The third kappa shape index (κ3) is 5.42. The zero-order valence-corrected chi connectivity index (χ0v) is 12.6. The molecule has 0 fully saturated rings. The number of carbonyl (C=O) groups excluding carboxylic acids is 1. The standard InChI is InChI=1S/C14H22N2O2S/c1-4-7-15-13-10-11(2)5-6-12(13)14(17)16-8-9-19(3)18/h5-6,10,15H,4,7-9H2,1-3H3,(H,16,17). The Morgan fingerprint density at radius 2 is 2.05 bits per heavy atom. The topological polar surface area (TPSA) is 58.2 Å². The molecule has 0 bridgehead atoms. The third-order valence-corrected chi connectivity index (χ3v) is 3.44. The lowest BCUT2D eigenvalue weighted by Gasteiger charge is -2.12. The number of benzene rings is 1. The van der Waals surface area contributed by atoms with Crippen molar-refractivity contribution in [2.24, 2.45) is 0 Å². The Balaban J connectivity index is 2.74. The molecule has 106 valence electrons. The number of anilines is 1.